The standard InChI is InChI=1S/C10H11N5O2/c11-13-8-2-1-7(5-12-8)6-15-10(17)4-3-9(16)14-15/h1-5H,6,11H2,(H,12,13)(H,14,16). The summed E-state index contributed by atoms with van der Waals surface area (Å²) in [7, 11) is 0. The summed E-state index contributed by atoms with van der Waals surface area (Å²) in [6, 6.07) is 5.86. The molecule has 88 valence electrons. The van der Waals surface area contributed by atoms with Gasteiger partial charge in [-0.2, -0.15) is 0 Å². The Labute approximate surface area is 95.9 Å². The fraction of sp³-hybridized carbons (Fsp3) is 0.100. The number of hydrazine groups is 1. The molecule has 0 aromatic carbocycles. The van der Waals surface area contributed by atoms with Crippen molar-refractivity contribution in [3.05, 3.63) is 56.7 Å². The van der Waals surface area contributed by atoms with Crippen LogP contribution >= 0.6 is 0 Å². The molecule has 2 heterocycles. The molecule has 7 heteroatoms. The summed E-state index contributed by atoms with van der Waals surface area (Å²) in [4.78, 5) is 26.5. The van der Waals surface area contributed by atoms with Gasteiger partial charge < -0.3 is 5.43 Å². The number of aromatic nitrogens is 3. The Kier molecular flexibility index (Phi) is 3.01. The Morgan fingerprint density at radius 2 is 2.12 bits per heavy atom. The summed E-state index contributed by atoms with van der Waals surface area (Å²) in [6.45, 7) is 0.257. The summed E-state index contributed by atoms with van der Waals surface area (Å²) in [6.07, 6.45) is 1.58. The summed E-state index contributed by atoms with van der Waals surface area (Å²) < 4.78 is 1.22. The molecule has 17 heavy (non-hydrogen) atoms. The minimum absolute atomic E-state index is 0.257. The number of pyridine rings is 1. The monoisotopic (exact) mass is 233 g/mol. The zero-order chi connectivity index (χ0) is 12.3. The maximum Gasteiger partial charge on any atom is 0.265 e. The van der Waals surface area contributed by atoms with Crippen molar-refractivity contribution in [1.82, 2.24) is 14.8 Å². The van der Waals surface area contributed by atoms with E-state index < -0.39 is 0 Å². The fourth-order valence-corrected chi connectivity index (χ4v) is 1.37. The van der Waals surface area contributed by atoms with Crippen LogP contribution in [0.2, 0.25) is 0 Å². The van der Waals surface area contributed by atoms with E-state index in [0.29, 0.717) is 5.82 Å². The van der Waals surface area contributed by atoms with E-state index in [2.05, 4.69) is 15.5 Å². The Bertz CT molecular complexity index is 614. The van der Waals surface area contributed by atoms with Gasteiger partial charge in [-0.1, -0.05) is 6.07 Å². The van der Waals surface area contributed by atoms with E-state index in [1.807, 2.05) is 0 Å². The van der Waals surface area contributed by atoms with Crippen LogP contribution in [0.15, 0.2) is 40.1 Å². The quantitative estimate of drug-likeness (QED) is 0.478. The minimum Gasteiger partial charge on any atom is -0.308 e. The van der Waals surface area contributed by atoms with Gasteiger partial charge in [-0.15, -0.1) is 0 Å². The van der Waals surface area contributed by atoms with Crippen LogP contribution in [-0.4, -0.2) is 14.8 Å². The fourth-order valence-electron chi connectivity index (χ4n) is 1.37. The molecule has 0 aliphatic heterocycles. The predicted molar refractivity (Wildman–Crippen MR) is 62.5 cm³/mol. The number of anilines is 1. The minimum atomic E-state index is -0.321. The van der Waals surface area contributed by atoms with Crippen LogP contribution in [0, 0.1) is 0 Å². The largest absolute Gasteiger partial charge is 0.308 e. The van der Waals surface area contributed by atoms with Gasteiger partial charge in [0.15, 0.2) is 0 Å². The average Bonchev–Trinajstić information content (AvgIpc) is 2.35. The van der Waals surface area contributed by atoms with Gasteiger partial charge in [0.25, 0.3) is 11.1 Å². The van der Waals surface area contributed by atoms with Gasteiger partial charge in [-0.25, -0.2) is 15.5 Å². The lowest BCUT2D eigenvalue weighted by Gasteiger charge is -2.05. The number of hydrogen-bond acceptors (Lipinski definition) is 5. The smallest absolute Gasteiger partial charge is 0.265 e. The molecule has 0 amide bonds. The molecule has 0 saturated heterocycles. The summed E-state index contributed by atoms with van der Waals surface area (Å²) >= 11 is 0. The summed E-state index contributed by atoms with van der Waals surface area (Å²) in [5.41, 5.74) is 2.59. The van der Waals surface area contributed by atoms with Gasteiger partial charge in [-0.05, 0) is 11.6 Å². The van der Waals surface area contributed by atoms with Crippen molar-refractivity contribution >= 4 is 5.82 Å². The van der Waals surface area contributed by atoms with E-state index in [1.54, 1.807) is 18.3 Å². The van der Waals surface area contributed by atoms with Crippen LogP contribution in [-0.2, 0) is 6.54 Å². The van der Waals surface area contributed by atoms with E-state index in [-0.39, 0.29) is 17.7 Å². The van der Waals surface area contributed by atoms with E-state index in [1.165, 1.54) is 16.8 Å². The average molecular weight is 233 g/mol. The highest BCUT2D eigenvalue weighted by Crippen LogP contribution is 2.03. The van der Waals surface area contributed by atoms with Crippen molar-refractivity contribution in [3.63, 3.8) is 0 Å². The van der Waals surface area contributed by atoms with E-state index in [0.717, 1.165) is 5.56 Å². The zero-order valence-electron chi connectivity index (χ0n) is 8.88. The van der Waals surface area contributed by atoms with Crippen molar-refractivity contribution in [2.24, 2.45) is 5.84 Å². The Morgan fingerprint density at radius 1 is 1.29 bits per heavy atom. The van der Waals surface area contributed by atoms with Crippen molar-refractivity contribution in [3.8, 4) is 0 Å². The van der Waals surface area contributed by atoms with Crippen LogP contribution < -0.4 is 22.4 Å². The van der Waals surface area contributed by atoms with Crippen molar-refractivity contribution in [2.45, 2.75) is 6.54 Å². The number of nitrogens with two attached hydrogens (primary N) is 1. The number of nitrogens with zero attached hydrogens (tertiary/aromatic N) is 2. The van der Waals surface area contributed by atoms with Gasteiger partial charge in [-0.3, -0.25) is 14.7 Å². The summed E-state index contributed by atoms with van der Waals surface area (Å²) in [5, 5.41) is 2.43. The van der Waals surface area contributed by atoms with Crippen LogP contribution in [0.3, 0.4) is 0 Å². The highest BCUT2D eigenvalue weighted by atomic mass is 16.1. The molecule has 0 radical (unpaired) electrons. The third-order valence-electron chi connectivity index (χ3n) is 2.20. The predicted octanol–water partition coefficient (Wildman–Crippen LogP) is -0.735. The molecule has 0 fully saturated rings. The van der Waals surface area contributed by atoms with Crippen molar-refractivity contribution in [1.29, 1.82) is 0 Å². The molecule has 2 aromatic rings. The topological polar surface area (TPSA) is 106 Å². The lowest BCUT2D eigenvalue weighted by atomic mass is 10.3. The zero-order valence-corrected chi connectivity index (χ0v) is 8.88. The molecule has 0 saturated carbocycles. The van der Waals surface area contributed by atoms with Crippen molar-refractivity contribution < 1.29 is 0 Å². The normalized spacial score (nSPS) is 10.2. The highest BCUT2D eigenvalue weighted by molar-refractivity contribution is 5.33. The van der Waals surface area contributed by atoms with Crippen LogP contribution in [0.1, 0.15) is 5.56 Å². The maximum absolute atomic E-state index is 11.4. The molecule has 2 aromatic heterocycles. The molecular weight excluding hydrogens is 222 g/mol. The Morgan fingerprint density at radius 3 is 2.76 bits per heavy atom. The van der Waals surface area contributed by atoms with Gasteiger partial charge in [0, 0.05) is 18.3 Å². The number of rotatable bonds is 3. The third-order valence-corrected chi connectivity index (χ3v) is 2.20. The number of aromatic amines is 1. The van der Waals surface area contributed by atoms with Gasteiger partial charge >= 0.3 is 0 Å². The highest BCUT2D eigenvalue weighted by Gasteiger charge is 1.99. The lowest BCUT2D eigenvalue weighted by Crippen LogP contribution is -2.28. The first-order chi connectivity index (χ1) is 8.19. The molecule has 2 rings (SSSR count). The molecule has 0 aliphatic carbocycles. The SMILES string of the molecule is NNc1ccc(Cn2[nH]c(=O)ccc2=O)cn1. The molecule has 7 nitrogen and oxygen atoms in total. The first-order valence-corrected chi connectivity index (χ1v) is 4.91. The Hall–Kier alpha value is -2.41. The second kappa shape index (κ2) is 4.62. The first kappa shape index (κ1) is 11.1. The van der Waals surface area contributed by atoms with Gasteiger partial charge in [0.2, 0.25) is 0 Å². The van der Waals surface area contributed by atoms with E-state index >= 15 is 0 Å². The van der Waals surface area contributed by atoms with Crippen LogP contribution in [0.5, 0.6) is 0 Å². The summed E-state index contributed by atoms with van der Waals surface area (Å²) in [5.74, 6) is 5.71. The van der Waals surface area contributed by atoms with Gasteiger partial charge in [0.05, 0.1) is 6.54 Å². The molecule has 0 spiro atoms. The number of nitrogens with one attached hydrogen (secondary N) is 2. The third kappa shape index (κ3) is 2.58. The lowest BCUT2D eigenvalue weighted by molar-refractivity contribution is 0.626. The molecule has 0 aliphatic rings. The van der Waals surface area contributed by atoms with Crippen LogP contribution in [0.25, 0.3) is 0 Å². The van der Waals surface area contributed by atoms with E-state index in [9.17, 15) is 9.59 Å². The molecule has 0 unspecified atom stereocenters. The number of H-pyrrole nitrogens is 1. The number of hydrogen-bond donors (Lipinski definition) is 3. The molecule has 4 N–H and O–H groups in total. The van der Waals surface area contributed by atoms with Crippen molar-refractivity contribution in [2.75, 3.05) is 5.43 Å². The van der Waals surface area contributed by atoms with Gasteiger partial charge in [0.1, 0.15) is 5.82 Å². The number of nitrogen functional groups attached to an aromatic ring is 1. The molecule has 0 atom stereocenters. The molecule has 0 bridgehead atoms. The molecular formula is C10H11N5O2. The second-order valence-corrected chi connectivity index (χ2v) is 3.43. The van der Waals surface area contributed by atoms with E-state index in [4.69, 9.17) is 5.84 Å². The Balaban J connectivity index is 2.28. The second-order valence-electron chi connectivity index (χ2n) is 3.43. The maximum atomic E-state index is 11.4. The van der Waals surface area contributed by atoms with Crippen LogP contribution in [0.4, 0.5) is 5.82 Å². The first-order valence-electron chi connectivity index (χ1n) is 4.91.